The van der Waals surface area contributed by atoms with Gasteiger partial charge in [-0.1, -0.05) is 140 Å². The first-order chi connectivity index (χ1) is 24.3. The van der Waals surface area contributed by atoms with Crippen molar-refractivity contribution in [3.05, 3.63) is 176 Å². The zero-order valence-corrected chi connectivity index (χ0v) is 26.5. The number of nitrogens with zero attached hydrogens (tertiary/aromatic N) is 3. The molecule has 2 aromatic heterocycles. The molecule has 7 aromatic carbocycles. The molecule has 0 saturated heterocycles. The van der Waals surface area contributed by atoms with Gasteiger partial charge in [0.2, 0.25) is 5.89 Å². The van der Waals surface area contributed by atoms with Gasteiger partial charge in [0.1, 0.15) is 5.52 Å². The lowest BCUT2D eigenvalue weighted by atomic mass is 9.94. The quantitative estimate of drug-likeness (QED) is 0.184. The number of rotatable bonds is 6. The molecule has 0 aliphatic carbocycles. The average molecular weight is 628 g/mol. The molecule has 0 bridgehead atoms. The van der Waals surface area contributed by atoms with E-state index in [1.165, 1.54) is 11.1 Å². The van der Waals surface area contributed by atoms with Crippen molar-refractivity contribution in [2.24, 2.45) is 0 Å². The Morgan fingerprint density at radius 2 is 0.837 bits per heavy atom. The predicted octanol–water partition coefficient (Wildman–Crippen LogP) is 11.8. The third-order valence-corrected chi connectivity index (χ3v) is 8.97. The Morgan fingerprint density at radius 3 is 1.51 bits per heavy atom. The number of benzene rings is 7. The van der Waals surface area contributed by atoms with Crippen molar-refractivity contribution in [2.75, 3.05) is 0 Å². The second-order valence-corrected chi connectivity index (χ2v) is 12.0. The highest BCUT2D eigenvalue weighted by molar-refractivity contribution is 6.05. The normalized spacial score (nSPS) is 11.3. The Kier molecular flexibility index (Phi) is 7.10. The number of fused-ring (bicyclic) bond motifs is 2. The van der Waals surface area contributed by atoms with E-state index in [1.54, 1.807) is 0 Å². The summed E-state index contributed by atoms with van der Waals surface area (Å²) in [7, 11) is 0. The fourth-order valence-corrected chi connectivity index (χ4v) is 6.48. The summed E-state index contributed by atoms with van der Waals surface area (Å²) >= 11 is 0. The van der Waals surface area contributed by atoms with E-state index in [0.29, 0.717) is 11.7 Å². The van der Waals surface area contributed by atoms with Gasteiger partial charge in [-0.05, 0) is 69.4 Å². The van der Waals surface area contributed by atoms with Crippen LogP contribution in [0, 0.1) is 0 Å². The molecule has 4 nitrogen and oxygen atoms in total. The molecule has 0 saturated carbocycles. The summed E-state index contributed by atoms with van der Waals surface area (Å²) < 4.78 is 6.11. The first kappa shape index (κ1) is 28.6. The van der Waals surface area contributed by atoms with Crippen molar-refractivity contribution < 1.29 is 4.42 Å². The van der Waals surface area contributed by atoms with E-state index in [1.807, 2.05) is 60.7 Å². The Balaban J connectivity index is 1.16. The lowest BCUT2D eigenvalue weighted by Crippen LogP contribution is -1.97. The Bertz CT molecular complexity index is 2580. The smallest absolute Gasteiger partial charge is 0.227 e. The van der Waals surface area contributed by atoms with E-state index in [0.717, 1.165) is 66.6 Å². The van der Waals surface area contributed by atoms with Crippen molar-refractivity contribution in [3.8, 4) is 67.6 Å². The monoisotopic (exact) mass is 627 g/mol. The molecule has 0 radical (unpaired) electrons. The molecular formula is C45H29N3O. The summed E-state index contributed by atoms with van der Waals surface area (Å²) in [4.78, 5) is 15.2. The third-order valence-electron chi connectivity index (χ3n) is 8.97. The maximum atomic E-state index is 6.11. The van der Waals surface area contributed by atoms with Crippen LogP contribution in [0.3, 0.4) is 0 Å². The van der Waals surface area contributed by atoms with Crippen molar-refractivity contribution in [2.45, 2.75) is 0 Å². The molecule has 4 heteroatoms. The largest absolute Gasteiger partial charge is 0.436 e. The van der Waals surface area contributed by atoms with Gasteiger partial charge < -0.3 is 4.42 Å². The second kappa shape index (κ2) is 12.2. The summed E-state index contributed by atoms with van der Waals surface area (Å²) in [5, 5.41) is 2.20. The lowest BCUT2D eigenvalue weighted by Gasteiger charge is -2.14. The molecular weight excluding hydrogens is 599 g/mol. The summed E-state index contributed by atoms with van der Waals surface area (Å²) in [5.41, 5.74) is 11.9. The Morgan fingerprint density at radius 1 is 0.347 bits per heavy atom. The summed E-state index contributed by atoms with van der Waals surface area (Å²) in [6.45, 7) is 0. The molecule has 0 unspecified atom stereocenters. The first-order valence-electron chi connectivity index (χ1n) is 16.4. The van der Waals surface area contributed by atoms with Gasteiger partial charge in [0.25, 0.3) is 0 Å². The van der Waals surface area contributed by atoms with Gasteiger partial charge in [-0.2, -0.15) is 0 Å². The van der Waals surface area contributed by atoms with Crippen LogP contribution in [0.25, 0.3) is 89.5 Å². The van der Waals surface area contributed by atoms with Crippen molar-refractivity contribution in [3.63, 3.8) is 0 Å². The average Bonchev–Trinajstić information content (AvgIpc) is 3.62. The topological polar surface area (TPSA) is 51.8 Å². The van der Waals surface area contributed by atoms with Crippen LogP contribution in [0.15, 0.2) is 180 Å². The fraction of sp³-hybridized carbons (Fsp3) is 0. The van der Waals surface area contributed by atoms with Crippen LogP contribution in [-0.2, 0) is 0 Å². The molecule has 0 N–H and O–H groups in total. The highest BCUT2D eigenvalue weighted by Crippen LogP contribution is 2.38. The van der Waals surface area contributed by atoms with Crippen molar-refractivity contribution in [1.82, 2.24) is 15.0 Å². The highest BCUT2D eigenvalue weighted by Gasteiger charge is 2.16. The summed E-state index contributed by atoms with van der Waals surface area (Å²) in [6.07, 6.45) is 0. The number of hydrogen-bond acceptors (Lipinski definition) is 4. The lowest BCUT2D eigenvalue weighted by molar-refractivity contribution is 0.620. The van der Waals surface area contributed by atoms with Gasteiger partial charge >= 0.3 is 0 Å². The maximum Gasteiger partial charge on any atom is 0.227 e. The fourth-order valence-electron chi connectivity index (χ4n) is 6.48. The molecule has 0 aliphatic heterocycles. The minimum Gasteiger partial charge on any atom is -0.436 e. The number of aromatic nitrogens is 3. The molecule has 0 aliphatic rings. The second-order valence-electron chi connectivity index (χ2n) is 12.0. The molecule has 9 aromatic rings. The van der Waals surface area contributed by atoms with Gasteiger partial charge in [0, 0.05) is 22.3 Å². The van der Waals surface area contributed by atoms with Crippen LogP contribution in [0.5, 0.6) is 0 Å². The maximum absolute atomic E-state index is 6.11. The van der Waals surface area contributed by atoms with Crippen LogP contribution < -0.4 is 0 Å². The van der Waals surface area contributed by atoms with E-state index in [4.69, 9.17) is 19.4 Å². The molecule has 0 atom stereocenters. The summed E-state index contributed by atoms with van der Waals surface area (Å²) in [6, 6.07) is 60.5. The van der Waals surface area contributed by atoms with Gasteiger partial charge in [-0.25, -0.2) is 15.0 Å². The van der Waals surface area contributed by atoms with Gasteiger partial charge in [0.15, 0.2) is 11.4 Å². The van der Waals surface area contributed by atoms with Crippen LogP contribution in [0.1, 0.15) is 0 Å². The molecule has 230 valence electrons. The standard InChI is InChI=1S/C45H29N3O/c1-4-12-30(13-5-1)31-20-22-33(23-21-31)41-29-40(32-14-6-2-7-15-32)46-44(47-41)39-26-25-36(37-18-10-11-19-38(37)39)35-24-27-43-42(28-35)48-45(49-43)34-16-8-3-9-17-34/h1-29H. The Hall–Kier alpha value is -6.65. The van der Waals surface area contributed by atoms with Gasteiger partial charge in [0.05, 0.1) is 11.4 Å². The summed E-state index contributed by atoms with van der Waals surface area (Å²) in [5.74, 6) is 1.31. The van der Waals surface area contributed by atoms with E-state index in [2.05, 4.69) is 115 Å². The van der Waals surface area contributed by atoms with Crippen LogP contribution in [-0.4, -0.2) is 15.0 Å². The Labute approximate surface area is 284 Å². The molecule has 2 heterocycles. The highest BCUT2D eigenvalue weighted by atomic mass is 16.3. The minimum absolute atomic E-state index is 0.619. The zero-order valence-electron chi connectivity index (χ0n) is 26.5. The van der Waals surface area contributed by atoms with Crippen molar-refractivity contribution >= 4 is 21.9 Å². The SMILES string of the molecule is c1ccc(-c2ccc(-c3cc(-c4ccccc4)nc(-c4ccc(-c5ccc6oc(-c7ccccc7)nc6c5)c5ccccc45)n3)cc2)cc1. The molecule has 49 heavy (non-hydrogen) atoms. The number of oxazole rings is 1. The molecule has 0 spiro atoms. The van der Waals surface area contributed by atoms with E-state index >= 15 is 0 Å². The van der Waals surface area contributed by atoms with E-state index in [9.17, 15) is 0 Å². The molecule has 0 fully saturated rings. The van der Waals surface area contributed by atoms with E-state index in [-0.39, 0.29) is 0 Å². The van der Waals surface area contributed by atoms with Crippen molar-refractivity contribution in [1.29, 1.82) is 0 Å². The molecule has 0 amide bonds. The van der Waals surface area contributed by atoms with Crippen LogP contribution in [0.4, 0.5) is 0 Å². The third kappa shape index (κ3) is 5.45. The first-order valence-corrected chi connectivity index (χ1v) is 16.4. The van der Waals surface area contributed by atoms with E-state index < -0.39 is 0 Å². The predicted molar refractivity (Wildman–Crippen MR) is 200 cm³/mol. The number of hydrogen-bond donors (Lipinski definition) is 0. The van der Waals surface area contributed by atoms with Gasteiger partial charge in [-0.3, -0.25) is 0 Å². The minimum atomic E-state index is 0.619. The molecule has 9 rings (SSSR count). The van der Waals surface area contributed by atoms with Crippen LogP contribution >= 0.6 is 0 Å². The zero-order chi connectivity index (χ0) is 32.6. The van der Waals surface area contributed by atoms with Gasteiger partial charge in [-0.15, -0.1) is 0 Å². The van der Waals surface area contributed by atoms with Crippen LogP contribution in [0.2, 0.25) is 0 Å².